The molecule has 110 valence electrons. The summed E-state index contributed by atoms with van der Waals surface area (Å²) in [6, 6.07) is 10.3. The molecular weight excluding hydrogens is 292 g/mol. The first-order valence-corrected chi connectivity index (χ1v) is 7.77. The SMILES string of the molecule is Cc1cccc(S(=O)(=O)Cc2ccc([N+](=O)[O-])cc2)c1N. The molecular formula is C14H14N2O4S. The molecule has 0 unspecified atom stereocenters. The van der Waals surface area contributed by atoms with Gasteiger partial charge >= 0.3 is 0 Å². The van der Waals surface area contributed by atoms with Crippen molar-refractivity contribution < 1.29 is 13.3 Å². The van der Waals surface area contributed by atoms with Gasteiger partial charge in [0, 0.05) is 12.1 Å². The molecule has 0 aliphatic heterocycles. The van der Waals surface area contributed by atoms with Crippen molar-refractivity contribution in [1.82, 2.24) is 0 Å². The lowest BCUT2D eigenvalue weighted by Gasteiger charge is -2.09. The maximum Gasteiger partial charge on any atom is 0.269 e. The van der Waals surface area contributed by atoms with Crippen molar-refractivity contribution in [1.29, 1.82) is 0 Å². The molecule has 0 amide bonds. The van der Waals surface area contributed by atoms with Gasteiger partial charge in [-0.15, -0.1) is 0 Å². The molecule has 0 saturated carbocycles. The summed E-state index contributed by atoms with van der Waals surface area (Å²) in [5.41, 5.74) is 7.14. The van der Waals surface area contributed by atoms with Crippen LogP contribution in [0.4, 0.5) is 11.4 Å². The zero-order valence-corrected chi connectivity index (χ0v) is 12.1. The quantitative estimate of drug-likeness (QED) is 0.531. The molecule has 0 aliphatic carbocycles. The molecule has 2 N–H and O–H groups in total. The van der Waals surface area contributed by atoms with E-state index in [-0.39, 0.29) is 22.0 Å². The van der Waals surface area contributed by atoms with Crippen LogP contribution in [0.25, 0.3) is 0 Å². The molecule has 2 aromatic rings. The molecule has 0 heterocycles. The second kappa shape index (κ2) is 5.53. The molecule has 21 heavy (non-hydrogen) atoms. The highest BCUT2D eigenvalue weighted by molar-refractivity contribution is 7.90. The summed E-state index contributed by atoms with van der Waals surface area (Å²) in [5.74, 6) is -0.251. The lowest BCUT2D eigenvalue weighted by atomic mass is 10.2. The number of aryl methyl sites for hydroxylation is 1. The summed E-state index contributed by atoms with van der Waals surface area (Å²) in [5, 5.41) is 10.6. The number of non-ortho nitro benzene ring substituents is 1. The minimum Gasteiger partial charge on any atom is -0.397 e. The van der Waals surface area contributed by atoms with E-state index in [1.165, 1.54) is 30.3 Å². The van der Waals surface area contributed by atoms with Crippen LogP contribution in [-0.4, -0.2) is 13.3 Å². The highest BCUT2D eigenvalue weighted by Crippen LogP contribution is 2.25. The van der Waals surface area contributed by atoms with Crippen molar-refractivity contribution in [3.8, 4) is 0 Å². The van der Waals surface area contributed by atoms with Crippen molar-refractivity contribution in [3.05, 3.63) is 63.7 Å². The molecule has 0 radical (unpaired) electrons. The Hall–Kier alpha value is -2.41. The molecule has 0 bridgehead atoms. The molecule has 0 atom stereocenters. The molecule has 0 aliphatic rings. The third-order valence-corrected chi connectivity index (χ3v) is 4.86. The van der Waals surface area contributed by atoms with E-state index in [2.05, 4.69) is 0 Å². The Morgan fingerprint density at radius 2 is 1.76 bits per heavy atom. The Bertz CT molecular complexity index is 783. The van der Waals surface area contributed by atoms with Crippen LogP contribution in [0, 0.1) is 17.0 Å². The monoisotopic (exact) mass is 306 g/mol. The van der Waals surface area contributed by atoms with E-state index in [4.69, 9.17) is 5.73 Å². The molecule has 0 aromatic heterocycles. The normalized spacial score (nSPS) is 11.3. The fourth-order valence-corrected chi connectivity index (χ4v) is 3.50. The second-order valence-electron chi connectivity index (χ2n) is 4.67. The third-order valence-electron chi connectivity index (χ3n) is 3.12. The van der Waals surface area contributed by atoms with E-state index < -0.39 is 14.8 Å². The summed E-state index contributed by atoms with van der Waals surface area (Å²) in [6.07, 6.45) is 0. The number of nitro groups is 1. The van der Waals surface area contributed by atoms with E-state index in [9.17, 15) is 18.5 Å². The van der Waals surface area contributed by atoms with Crippen molar-refractivity contribution >= 4 is 21.2 Å². The number of hydrogen-bond donors (Lipinski definition) is 1. The maximum atomic E-state index is 12.4. The lowest BCUT2D eigenvalue weighted by molar-refractivity contribution is -0.384. The van der Waals surface area contributed by atoms with E-state index in [0.29, 0.717) is 11.1 Å². The topological polar surface area (TPSA) is 103 Å². The van der Waals surface area contributed by atoms with E-state index in [1.807, 2.05) is 0 Å². The Morgan fingerprint density at radius 3 is 2.33 bits per heavy atom. The largest absolute Gasteiger partial charge is 0.397 e. The van der Waals surface area contributed by atoms with Crippen molar-refractivity contribution in [3.63, 3.8) is 0 Å². The number of rotatable bonds is 4. The van der Waals surface area contributed by atoms with Crippen LogP contribution in [0.15, 0.2) is 47.4 Å². The Kier molecular flexibility index (Phi) is 3.95. The molecule has 0 fully saturated rings. The Morgan fingerprint density at radius 1 is 1.14 bits per heavy atom. The maximum absolute atomic E-state index is 12.4. The number of para-hydroxylation sites is 1. The summed E-state index contributed by atoms with van der Waals surface area (Å²) in [4.78, 5) is 10.1. The molecule has 7 heteroatoms. The number of nitrogens with two attached hydrogens (primary N) is 1. The summed E-state index contributed by atoms with van der Waals surface area (Å²) >= 11 is 0. The van der Waals surface area contributed by atoms with Gasteiger partial charge in [-0.3, -0.25) is 10.1 Å². The van der Waals surface area contributed by atoms with Gasteiger partial charge in [0.15, 0.2) is 9.84 Å². The molecule has 0 spiro atoms. The van der Waals surface area contributed by atoms with Crippen LogP contribution >= 0.6 is 0 Å². The molecule has 2 aromatic carbocycles. The van der Waals surface area contributed by atoms with Crippen LogP contribution in [0.3, 0.4) is 0 Å². The molecule has 6 nitrogen and oxygen atoms in total. The van der Waals surface area contributed by atoms with Crippen LogP contribution in [0.1, 0.15) is 11.1 Å². The minimum atomic E-state index is -3.59. The number of nitrogen functional groups attached to an aromatic ring is 1. The highest BCUT2D eigenvalue weighted by atomic mass is 32.2. The van der Waals surface area contributed by atoms with Crippen LogP contribution < -0.4 is 5.73 Å². The number of benzene rings is 2. The summed E-state index contributed by atoms with van der Waals surface area (Å²) in [7, 11) is -3.59. The highest BCUT2D eigenvalue weighted by Gasteiger charge is 2.19. The summed E-state index contributed by atoms with van der Waals surface area (Å²) in [6.45, 7) is 1.74. The number of nitrogens with zero attached hydrogens (tertiary/aromatic N) is 1. The van der Waals surface area contributed by atoms with Crippen molar-refractivity contribution in [2.24, 2.45) is 0 Å². The smallest absolute Gasteiger partial charge is 0.269 e. The first kappa shape index (κ1) is 15.0. The van der Waals surface area contributed by atoms with Gasteiger partial charge in [-0.25, -0.2) is 8.42 Å². The average Bonchev–Trinajstić information content (AvgIpc) is 2.41. The fourth-order valence-electron chi connectivity index (χ4n) is 1.94. The number of nitro benzene ring substituents is 1. The Balaban J connectivity index is 2.33. The van der Waals surface area contributed by atoms with Gasteiger partial charge in [0.1, 0.15) is 0 Å². The minimum absolute atomic E-state index is 0.0776. The molecule has 2 rings (SSSR count). The zero-order valence-electron chi connectivity index (χ0n) is 11.3. The van der Waals surface area contributed by atoms with E-state index >= 15 is 0 Å². The fraction of sp³-hybridized carbons (Fsp3) is 0.143. The van der Waals surface area contributed by atoms with Gasteiger partial charge in [-0.05, 0) is 24.1 Å². The van der Waals surface area contributed by atoms with E-state index in [0.717, 1.165) is 0 Å². The lowest BCUT2D eigenvalue weighted by Crippen LogP contribution is -2.09. The van der Waals surface area contributed by atoms with Gasteiger partial charge < -0.3 is 5.73 Å². The second-order valence-corrected chi connectivity index (χ2v) is 6.63. The van der Waals surface area contributed by atoms with Crippen LogP contribution in [0.5, 0.6) is 0 Å². The van der Waals surface area contributed by atoms with Crippen LogP contribution in [-0.2, 0) is 15.6 Å². The van der Waals surface area contributed by atoms with Gasteiger partial charge in [0.25, 0.3) is 5.69 Å². The summed E-state index contributed by atoms with van der Waals surface area (Å²) < 4.78 is 24.8. The van der Waals surface area contributed by atoms with Gasteiger partial charge in [0.05, 0.1) is 21.3 Å². The predicted octanol–water partition coefficient (Wildman–Crippen LogP) is 2.46. The van der Waals surface area contributed by atoms with Gasteiger partial charge in [-0.2, -0.15) is 0 Å². The third kappa shape index (κ3) is 3.19. The van der Waals surface area contributed by atoms with Crippen LogP contribution in [0.2, 0.25) is 0 Å². The van der Waals surface area contributed by atoms with Crippen molar-refractivity contribution in [2.45, 2.75) is 17.6 Å². The van der Waals surface area contributed by atoms with Crippen molar-refractivity contribution in [2.75, 3.05) is 5.73 Å². The Labute approximate surface area is 122 Å². The van der Waals surface area contributed by atoms with Gasteiger partial charge in [0.2, 0.25) is 0 Å². The first-order valence-electron chi connectivity index (χ1n) is 6.12. The number of sulfone groups is 1. The number of hydrogen-bond acceptors (Lipinski definition) is 5. The number of anilines is 1. The first-order chi connectivity index (χ1) is 9.81. The predicted molar refractivity (Wildman–Crippen MR) is 79.6 cm³/mol. The van der Waals surface area contributed by atoms with Gasteiger partial charge in [-0.1, -0.05) is 24.3 Å². The van der Waals surface area contributed by atoms with E-state index in [1.54, 1.807) is 19.1 Å². The standard InChI is InChI=1S/C14H14N2O4S/c1-10-3-2-4-13(14(10)15)21(19,20)9-11-5-7-12(8-6-11)16(17)18/h2-8H,9,15H2,1H3. The molecule has 0 saturated heterocycles. The zero-order chi connectivity index (χ0) is 15.6. The average molecular weight is 306 g/mol.